The first-order chi connectivity index (χ1) is 8.79. The molecule has 18 heavy (non-hydrogen) atoms. The normalized spacial score (nSPS) is 18.9. The van der Waals surface area contributed by atoms with Crippen LogP contribution in [0.3, 0.4) is 0 Å². The zero-order valence-electron chi connectivity index (χ0n) is 10.4. The number of nitrogens with two attached hydrogens (primary N) is 1. The molecule has 1 aliphatic heterocycles. The molecular formula is C15H18N2O. The fourth-order valence-electron chi connectivity index (χ4n) is 2.17. The number of rotatable bonds is 1. The Labute approximate surface area is 108 Å². The second-order valence-corrected chi connectivity index (χ2v) is 4.61. The van der Waals surface area contributed by atoms with Crippen LogP contribution in [-0.2, 0) is 4.79 Å². The lowest BCUT2D eigenvalue weighted by molar-refractivity contribution is -0.126. The molecule has 0 aromatic heterocycles. The largest absolute Gasteiger partial charge is 0.332 e. The molecule has 0 aliphatic carbocycles. The molecule has 1 saturated heterocycles. The highest BCUT2D eigenvalue weighted by molar-refractivity contribution is 5.94. The van der Waals surface area contributed by atoms with Gasteiger partial charge in [0, 0.05) is 24.6 Å². The van der Waals surface area contributed by atoms with E-state index in [1.165, 1.54) is 0 Å². The molecule has 0 saturated carbocycles. The van der Waals surface area contributed by atoms with Gasteiger partial charge in [-0.2, -0.15) is 0 Å². The van der Waals surface area contributed by atoms with Gasteiger partial charge in [0.2, 0.25) is 0 Å². The highest BCUT2D eigenvalue weighted by Gasteiger charge is 2.21. The Kier molecular flexibility index (Phi) is 4.38. The van der Waals surface area contributed by atoms with E-state index in [4.69, 9.17) is 5.73 Å². The number of benzene rings is 1. The predicted octanol–water partition coefficient (Wildman–Crippen LogP) is 1.24. The molecule has 1 fully saturated rings. The first-order valence-electron chi connectivity index (χ1n) is 6.35. The molecule has 0 radical (unpaired) electrons. The van der Waals surface area contributed by atoms with Gasteiger partial charge in [0.15, 0.2) is 0 Å². The van der Waals surface area contributed by atoms with Gasteiger partial charge in [-0.15, -0.1) is 0 Å². The number of piperidine rings is 1. The minimum absolute atomic E-state index is 0.0861. The van der Waals surface area contributed by atoms with Gasteiger partial charge in [-0.25, -0.2) is 0 Å². The maximum Gasteiger partial charge on any atom is 0.298 e. The van der Waals surface area contributed by atoms with Crippen LogP contribution < -0.4 is 5.73 Å². The van der Waals surface area contributed by atoms with E-state index >= 15 is 0 Å². The van der Waals surface area contributed by atoms with Crippen LogP contribution in [0.4, 0.5) is 0 Å². The van der Waals surface area contributed by atoms with Crippen LogP contribution in [0, 0.1) is 17.8 Å². The van der Waals surface area contributed by atoms with Crippen molar-refractivity contribution in [3.05, 3.63) is 35.9 Å². The molecule has 0 spiro atoms. The number of hydrogen-bond donors (Lipinski definition) is 1. The monoisotopic (exact) mass is 242 g/mol. The average Bonchev–Trinajstić information content (AvgIpc) is 2.46. The van der Waals surface area contributed by atoms with Crippen molar-refractivity contribution in [2.75, 3.05) is 19.6 Å². The van der Waals surface area contributed by atoms with Crippen LogP contribution in [0.5, 0.6) is 0 Å². The predicted molar refractivity (Wildman–Crippen MR) is 71.7 cm³/mol. The number of hydrogen-bond acceptors (Lipinski definition) is 2. The first kappa shape index (κ1) is 12.7. The van der Waals surface area contributed by atoms with Gasteiger partial charge in [-0.1, -0.05) is 24.1 Å². The van der Waals surface area contributed by atoms with Crippen molar-refractivity contribution in [3.8, 4) is 11.8 Å². The summed E-state index contributed by atoms with van der Waals surface area (Å²) in [5.41, 5.74) is 6.53. The molecule has 1 unspecified atom stereocenters. The van der Waals surface area contributed by atoms with Crippen LogP contribution in [0.15, 0.2) is 30.3 Å². The minimum atomic E-state index is -0.0861. The molecule has 1 aromatic carbocycles. The molecule has 2 rings (SSSR count). The van der Waals surface area contributed by atoms with Crippen molar-refractivity contribution in [1.82, 2.24) is 4.90 Å². The molecule has 1 atom stereocenters. The van der Waals surface area contributed by atoms with Gasteiger partial charge >= 0.3 is 0 Å². The zero-order valence-corrected chi connectivity index (χ0v) is 10.4. The van der Waals surface area contributed by atoms with Crippen molar-refractivity contribution in [1.29, 1.82) is 0 Å². The summed E-state index contributed by atoms with van der Waals surface area (Å²) in [6, 6.07) is 9.57. The maximum atomic E-state index is 11.9. The Balaban J connectivity index is 1.98. The Hall–Kier alpha value is -1.79. The van der Waals surface area contributed by atoms with E-state index in [9.17, 15) is 4.79 Å². The fraction of sp³-hybridized carbons (Fsp3) is 0.400. The molecule has 0 bridgehead atoms. The van der Waals surface area contributed by atoms with Gasteiger partial charge in [-0.05, 0) is 37.4 Å². The van der Waals surface area contributed by atoms with Gasteiger partial charge in [0.05, 0.1) is 0 Å². The standard InChI is InChI=1S/C15H18N2O/c16-11-14-7-4-10-17(12-14)15(18)9-8-13-5-2-1-3-6-13/h1-3,5-6,14H,4,7,10-12,16H2. The Bertz CT molecular complexity index is 458. The molecule has 3 heteroatoms. The summed E-state index contributed by atoms with van der Waals surface area (Å²) in [7, 11) is 0. The van der Waals surface area contributed by atoms with Crippen molar-refractivity contribution < 1.29 is 4.79 Å². The van der Waals surface area contributed by atoms with E-state index in [1.54, 1.807) is 0 Å². The second-order valence-electron chi connectivity index (χ2n) is 4.61. The number of likely N-dealkylation sites (tertiary alicyclic amines) is 1. The molecule has 2 N–H and O–H groups in total. The fourth-order valence-corrected chi connectivity index (χ4v) is 2.17. The van der Waals surface area contributed by atoms with Gasteiger partial charge < -0.3 is 10.6 Å². The topological polar surface area (TPSA) is 46.3 Å². The summed E-state index contributed by atoms with van der Waals surface area (Å²) >= 11 is 0. The van der Waals surface area contributed by atoms with E-state index in [-0.39, 0.29) is 5.91 Å². The molecule has 1 aliphatic rings. The average molecular weight is 242 g/mol. The summed E-state index contributed by atoms with van der Waals surface area (Å²) in [4.78, 5) is 13.8. The smallest absolute Gasteiger partial charge is 0.298 e. The Morgan fingerprint density at radius 3 is 2.89 bits per heavy atom. The van der Waals surface area contributed by atoms with Crippen LogP contribution in [0.2, 0.25) is 0 Å². The summed E-state index contributed by atoms with van der Waals surface area (Å²) in [6.07, 6.45) is 2.15. The van der Waals surface area contributed by atoms with Crippen LogP contribution >= 0.6 is 0 Å². The third-order valence-corrected chi connectivity index (χ3v) is 3.23. The molecule has 1 aromatic rings. The highest BCUT2D eigenvalue weighted by Crippen LogP contribution is 2.14. The summed E-state index contributed by atoms with van der Waals surface area (Å²) in [6.45, 7) is 2.20. The van der Waals surface area contributed by atoms with Crippen LogP contribution in [0.25, 0.3) is 0 Å². The zero-order chi connectivity index (χ0) is 12.8. The van der Waals surface area contributed by atoms with E-state index in [0.29, 0.717) is 12.5 Å². The number of carbonyl (C=O) groups excluding carboxylic acids is 1. The van der Waals surface area contributed by atoms with E-state index in [2.05, 4.69) is 11.8 Å². The lowest BCUT2D eigenvalue weighted by Crippen LogP contribution is -2.41. The summed E-state index contributed by atoms with van der Waals surface area (Å²) in [5.74, 6) is 5.96. The Morgan fingerprint density at radius 2 is 2.17 bits per heavy atom. The molecule has 3 nitrogen and oxygen atoms in total. The van der Waals surface area contributed by atoms with Crippen molar-refractivity contribution in [3.63, 3.8) is 0 Å². The van der Waals surface area contributed by atoms with E-state index in [1.807, 2.05) is 35.2 Å². The van der Waals surface area contributed by atoms with Gasteiger partial charge in [0.25, 0.3) is 5.91 Å². The SMILES string of the molecule is NCC1CCCN(C(=O)C#Cc2ccccc2)C1. The van der Waals surface area contributed by atoms with Crippen molar-refractivity contribution >= 4 is 5.91 Å². The van der Waals surface area contributed by atoms with E-state index in [0.717, 1.165) is 31.5 Å². The molecular weight excluding hydrogens is 224 g/mol. The molecule has 1 amide bonds. The maximum absolute atomic E-state index is 11.9. The number of carbonyl (C=O) groups is 1. The lowest BCUT2D eigenvalue weighted by Gasteiger charge is -2.30. The third kappa shape index (κ3) is 3.35. The number of nitrogens with zero attached hydrogens (tertiary/aromatic N) is 1. The third-order valence-electron chi connectivity index (χ3n) is 3.23. The number of amides is 1. The molecule has 94 valence electrons. The summed E-state index contributed by atoms with van der Waals surface area (Å²) in [5, 5.41) is 0. The van der Waals surface area contributed by atoms with Gasteiger partial charge in [-0.3, -0.25) is 4.79 Å². The van der Waals surface area contributed by atoms with E-state index < -0.39 is 0 Å². The minimum Gasteiger partial charge on any atom is -0.332 e. The summed E-state index contributed by atoms with van der Waals surface area (Å²) < 4.78 is 0. The van der Waals surface area contributed by atoms with Crippen LogP contribution in [-0.4, -0.2) is 30.4 Å². The first-order valence-corrected chi connectivity index (χ1v) is 6.35. The van der Waals surface area contributed by atoms with Gasteiger partial charge in [0.1, 0.15) is 0 Å². The lowest BCUT2D eigenvalue weighted by atomic mass is 9.98. The van der Waals surface area contributed by atoms with Crippen LogP contribution in [0.1, 0.15) is 18.4 Å². The van der Waals surface area contributed by atoms with Crippen molar-refractivity contribution in [2.24, 2.45) is 11.7 Å². The quantitative estimate of drug-likeness (QED) is 0.753. The highest BCUT2D eigenvalue weighted by atomic mass is 16.2. The van der Waals surface area contributed by atoms with Crippen molar-refractivity contribution in [2.45, 2.75) is 12.8 Å². The Morgan fingerprint density at radius 1 is 1.39 bits per heavy atom. The second kappa shape index (κ2) is 6.23. The molecule has 1 heterocycles.